The number of nitrogens with two attached hydrogens (primary N) is 1. The van der Waals surface area contributed by atoms with Gasteiger partial charge in [0.25, 0.3) is 0 Å². The minimum absolute atomic E-state index is 0.0942. The van der Waals surface area contributed by atoms with E-state index in [-0.39, 0.29) is 6.54 Å². The van der Waals surface area contributed by atoms with Gasteiger partial charge in [0.1, 0.15) is 12.1 Å². The van der Waals surface area contributed by atoms with Gasteiger partial charge in [-0.25, -0.2) is 9.97 Å². The van der Waals surface area contributed by atoms with Gasteiger partial charge in [-0.1, -0.05) is 13.8 Å². The number of hydrogen-bond acceptors (Lipinski definition) is 4. The molecule has 5 nitrogen and oxygen atoms in total. The third kappa shape index (κ3) is 3.53. The van der Waals surface area contributed by atoms with Gasteiger partial charge in [0.15, 0.2) is 0 Å². The van der Waals surface area contributed by atoms with Crippen LogP contribution in [0.1, 0.15) is 31.9 Å². The Hall–Kier alpha value is -1.65. The molecule has 0 saturated heterocycles. The Morgan fingerprint density at radius 1 is 1.60 bits per heavy atom. The van der Waals surface area contributed by atoms with Crippen molar-refractivity contribution in [1.82, 2.24) is 9.97 Å². The molecule has 3 N–H and O–H groups in total. The van der Waals surface area contributed by atoms with Gasteiger partial charge in [0, 0.05) is 11.8 Å². The van der Waals surface area contributed by atoms with Crippen LogP contribution in [0.15, 0.2) is 12.4 Å². The number of rotatable bonds is 5. The van der Waals surface area contributed by atoms with Crippen molar-refractivity contribution < 1.29 is 4.79 Å². The van der Waals surface area contributed by atoms with Crippen molar-refractivity contribution in [3.8, 4) is 0 Å². The zero-order valence-corrected chi connectivity index (χ0v) is 9.03. The van der Waals surface area contributed by atoms with Crippen LogP contribution in [0.2, 0.25) is 0 Å². The SMILES string of the molecule is CCC(C)c1cc(NCC(N)=O)ncn1. The van der Waals surface area contributed by atoms with Gasteiger partial charge in [-0.2, -0.15) is 0 Å². The normalized spacial score (nSPS) is 12.1. The molecule has 0 fully saturated rings. The summed E-state index contributed by atoms with van der Waals surface area (Å²) in [5, 5.41) is 2.84. The van der Waals surface area contributed by atoms with Crippen LogP contribution in [-0.4, -0.2) is 22.4 Å². The molecule has 0 bridgehead atoms. The molecule has 0 radical (unpaired) electrons. The van der Waals surface area contributed by atoms with Crippen molar-refractivity contribution in [3.63, 3.8) is 0 Å². The molecule has 5 heteroatoms. The van der Waals surface area contributed by atoms with Crippen LogP contribution in [0.25, 0.3) is 0 Å². The van der Waals surface area contributed by atoms with Crippen molar-refractivity contribution in [2.45, 2.75) is 26.2 Å². The van der Waals surface area contributed by atoms with Crippen LogP contribution in [0, 0.1) is 0 Å². The number of anilines is 1. The summed E-state index contributed by atoms with van der Waals surface area (Å²) in [6.45, 7) is 4.29. The van der Waals surface area contributed by atoms with Gasteiger partial charge >= 0.3 is 0 Å². The Balaban J connectivity index is 2.69. The Morgan fingerprint density at radius 3 is 2.93 bits per heavy atom. The standard InChI is InChI=1S/C10H16N4O/c1-3-7(2)8-4-10(14-6-13-8)12-5-9(11)15/h4,6-7H,3,5H2,1-2H3,(H2,11,15)(H,12,13,14). The molecule has 0 saturated carbocycles. The van der Waals surface area contributed by atoms with Gasteiger partial charge in [-0.3, -0.25) is 4.79 Å². The number of carbonyl (C=O) groups excluding carboxylic acids is 1. The molecule has 1 aromatic heterocycles. The Morgan fingerprint density at radius 2 is 2.33 bits per heavy atom. The van der Waals surface area contributed by atoms with Gasteiger partial charge in [0.2, 0.25) is 5.91 Å². The molecule has 1 aromatic rings. The highest BCUT2D eigenvalue weighted by atomic mass is 16.1. The lowest BCUT2D eigenvalue weighted by Crippen LogP contribution is -2.22. The molecule has 1 rings (SSSR count). The van der Waals surface area contributed by atoms with Gasteiger partial charge in [0.05, 0.1) is 6.54 Å². The second kappa shape index (κ2) is 5.29. The molecule has 82 valence electrons. The third-order valence-electron chi connectivity index (χ3n) is 2.25. The highest BCUT2D eigenvalue weighted by Crippen LogP contribution is 2.17. The van der Waals surface area contributed by atoms with E-state index in [4.69, 9.17) is 5.73 Å². The zero-order chi connectivity index (χ0) is 11.3. The number of nitrogens with zero attached hydrogens (tertiary/aromatic N) is 2. The molecule has 0 aliphatic carbocycles. The van der Waals surface area contributed by atoms with E-state index in [0.29, 0.717) is 11.7 Å². The minimum atomic E-state index is -0.404. The van der Waals surface area contributed by atoms with E-state index in [2.05, 4.69) is 29.1 Å². The first-order chi connectivity index (χ1) is 7.13. The van der Waals surface area contributed by atoms with Crippen molar-refractivity contribution in [3.05, 3.63) is 18.1 Å². The minimum Gasteiger partial charge on any atom is -0.368 e. The van der Waals surface area contributed by atoms with Crippen LogP contribution < -0.4 is 11.1 Å². The van der Waals surface area contributed by atoms with Crippen LogP contribution >= 0.6 is 0 Å². The van der Waals surface area contributed by atoms with Crippen molar-refractivity contribution in [2.24, 2.45) is 5.73 Å². The maximum absolute atomic E-state index is 10.6. The lowest BCUT2D eigenvalue weighted by atomic mass is 10.1. The molecular formula is C10H16N4O. The van der Waals surface area contributed by atoms with Crippen LogP contribution in [0.4, 0.5) is 5.82 Å². The first-order valence-electron chi connectivity index (χ1n) is 4.97. The number of amides is 1. The summed E-state index contributed by atoms with van der Waals surface area (Å²) in [6.07, 6.45) is 2.51. The summed E-state index contributed by atoms with van der Waals surface area (Å²) >= 11 is 0. The van der Waals surface area contributed by atoms with Crippen LogP contribution in [0.3, 0.4) is 0 Å². The highest BCUT2D eigenvalue weighted by molar-refractivity contribution is 5.78. The van der Waals surface area contributed by atoms with Crippen LogP contribution in [-0.2, 0) is 4.79 Å². The van der Waals surface area contributed by atoms with Crippen molar-refractivity contribution in [1.29, 1.82) is 0 Å². The Labute approximate surface area is 89.1 Å². The number of primary amides is 1. The van der Waals surface area contributed by atoms with E-state index >= 15 is 0 Å². The summed E-state index contributed by atoms with van der Waals surface area (Å²) in [7, 11) is 0. The average molecular weight is 208 g/mol. The van der Waals surface area contributed by atoms with Gasteiger partial charge in [-0.05, 0) is 12.3 Å². The average Bonchev–Trinajstić information content (AvgIpc) is 2.25. The van der Waals surface area contributed by atoms with E-state index in [0.717, 1.165) is 12.1 Å². The molecule has 0 spiro atoms. The van der Waals surface area contributed by atoms with Crippen LogP contribution in [0.5, 0.6) is 0 Å². The maximum Gasteiger partial charge on any atom is 0.236 e. The molecule has 0 aliphatic heterocycles. The van der Waals surface area contributed by atoms with E-state index < -0.39 is 5.91 Å². The zero-order valence-electron chi connectivity index (χ0n) is 9.03. The summed E-state index contributed by atoms with van der Waals surface area (Å²) < 4.78 is 0. The second-order valence-electron chi connectivity index (χ2n) is 3.46. The highest BCUT2D eigenvalue weighted by Gasteiger charge is 2.05. The fourth-order valence-corrected chi connectivity index (χ4v) is 1.13. The number of aromatic nitrogens is 2. The van der Waals surface area contributed by atoms with Crippen molar-refractivity contribution in [2.75, 3.05) is 11.9 Å². The smallest absolute Gasteiger partial charge is 0.236 e. The number of carbonyl (C=O) groups is 1. The number of hydrogen-bond donors (Lipinski definition) is 2. The predicted octanol–water partition coefficient (Wildman–Crippen LogP) is 0.887. The summed E-state index contributed by atoms with van der Waals surface area (Å²) in [5.74, 6) is 0.625. The fraction of sp³-hybridized carbons (Fsp3) is 0.500. The van der Waals surface area contributed by atoms with Gasteiger partial charge < -0.3 is 11.1 Å². The molecule has 0 aliphatic rings. The first kappa shape index (κ1) is 11.4. The largest absolute Gasteiger partial charge is 0.368 e. The monoisotopic (exact) mass is 208 g/mol. The van der Waals surface area contributed by atoms with Crippen molar-refractivity contribution >= 4 is 11.7 Å². The first-order valence-corrected chi connectivity index (χ1v) is 4.97. The second-order valence-corrected chi connectivity index (χ2v) is 3.46. The lowest BCUT2D eigenvalue weighted by molar-refractivity contribution is -0.116. The predicted molar refractivity (Wildman–Crippen MR) is 58.4 cm³/mol. The molecule has 1 atom stereocenters. The van der Waals surface area contributed by atoms with E-state index in [1.807, 2.05) is 6.07 Å². The molecule has 1 amide bonds. The van der Waals surface area contributed by atoms with Gasteiger partial charge in [-0.15, -0.1) is 0 Å². The summed E-state index contributed by atoms with van der Waals surface area (Å²) in [5.41, 5.74) is 5.99. The number of nitrogens with one attached hydrogen (secondary N) is 1. The van der Waals surface area contributed by atoms with E-state index in [9.17, 15) is 4.79 Å². The topological polar surface area (TPSA) is 80.9 Å². The fourth-order valence-electron chi connectivity index (χ4n) is 1.13. The molecule has 1 heterocycles. The summed E-state index contributed by atoms with van der Waals surface area (Å²) in [6, 6.07) is 1.84. The quantitative estimate of drug-likeness (QED) is 0.753. The van der Waals surface area contributed by atoms with E-state index in [1.165, 1.54) is 6.33 Å². The third-order valence-corrected chi connectivity index (χ3v) is 2.25. The Kier molecular flexibility index (Phi) is 4.03. The molecule has 1 unspecified atom stereocenters. The maximum atomic E-state index is 10.6. The van der Waals surface area contributed by atoms with E-state index in [1.54, 1.807) is 0 Å². The lowest BCUT2D eigenvalue weighted by Gasteiger charge is -2.09. The molecule has 15 heavy (non-hydrogen) atoms. The summed E-state index contributed by atoms with van der Waals surface area (Å²) in [4.78, 5) is 18.7. The Bertz CT molecular complexity index is 340. The molecular weight excluding hydrogens is 192 g/mol. The molecule has 0 aromatic carbocycles.